The van der Waals surface area contributed by atoms with Crippen LogP contribution in [-0.2, 0) is 19.5 Å². The monoisotopic (exact) mass is 220 g/mol. The zero-order valence-electron chi connectivity index (χ0n) is 10.2. The van der Waals surface area contributed by atoms with Crippen molar-refractivity contribution >= 4 is 0 Å². The van der Waals surface area contributed by atoms with Crippen molar-refractivity contribution in [1.29, 1.82) is 0 Å². The van der Waals surface area contributed by atoms with Gasteiger partial charge >= 0.3 is 0 Å². The van der Waals surface area contributed by atoms with Crippen LogP contribution < -0.4 is 5.32 Å². The van der Waals surface area contributed by atoms with Gasteiger partial charge in [-0.3, -0.25) is 0 Å². The maximum atomic E-state index is 4.59. The average molecular weight is 220 g/mol. The smallest absolute Gasteiger partial charge is 0.129 e. The van der Waals surface area contributed by atoms with Crippen LogP contribution in [0.1, 0.15) is 30.9 Å². The topological polar surface area (TPSA) is 41.1 Å². The lowest BCUT2D eigenvalue weighted by Gasteiger charge is -2.17. The van der Waals surface area contributed by atoms with Crippen molar-refractivity contribution in [2.75, 3.05) is 19.6 Å². The van der Waals surface area contributed by atoms with Crippen LogP contribution in [0.2, 0.25) is 0 Å². The maximum absolute atomic E-state index is 4.59. The summed E-state index contributed by atoms with van der Waals surface area (Å²) in [7, 11) is 0. The molecule has 0 atom stereocenters. The molecular formula is C12H20N4. The minimum Gasteiger partial charge on any atom is -0.307 e. The van der Waals surface area contributed by atoms with E-state index >= 15 is 0 Å². The molecular weight excluding hydrogens is 200 g/mol. The van der Waals surface area contributed by atoms with E-state index < -0.39 is 0 Å². The van der Waals surface area contributed by atoms with E-state index in [2.05, 4.69) is 34.0 Å². The predicted molar refractivity (Wildman–Crippen MR) is 64.1 cm³/mol. The van der Waals surface area contributed by atoms with E-state index in [4.69, 9.17) is 0 Å². The van der Waals surface area contributed by atoms with Gasteiger partial charge in [-0.05, 0) is 13.1 Å². The first-order valence-corrected chi connectivity index (χ1v) is 6.10. The molecule has 16 heavy (non-hydrogen) atoms. The third-order valence-corrected chi connectivity index (χ3v) is 3.16. The van der Waals surface area contributed by atoms with Crippen LogP contribution in [0.4, 0.5) is 0 Å². The molecule has 2 heterocycles. The normalized spacial score (nSPS) is 14.4. The van der Waals surface area contributed by atoms with Crippen molar-refractivity contribution in [2.45, 2.75) is 33.4 Å². The quantitative estimate of drug-likeness (QED) is 0.802. The Bertz CT molecular complexity index is 347. The molecule has 1 aliphatic heterocycles. The predicted octanol–water partition coefficient (Wildman–Crippen LogP) is 0.964. The molecule has 4 nitrogen and oxygen atoms in total. The molecule has 0 bridgehead atoms. The van der Waals surface area contributed by atoms with Gasteiger partial charge in [0.1, 0.15) is 5.82 Å². The molecule has 0 fully saturated rings. The van der Waals surface area contributed by atoms with Gasteiger partial charge in [0.15, 0.2) is 0 Å². The fraction of sp³-hybridized carbons (Fsp3) is 0.667. The summed E-state index contributed by atoms with van der Waals surface area (Å²) in [5, 5.41) is 3.29. The summed E-state index contributed by atoms with van der Waals surface area (Å²) in [5.74, 6) is 0.981. The summed E-state index contributed by atoms with van der Waals surface area (Å²) >= 11 is 0. The van der Waals surface area contributed by atoms with E-state index in [-0.39, 0.29) is 0 Å². The van der Waals surface area contributed by atoms with Gasteiger partial charge in [0.05, 0.1) is 5.69 Å². The molecule has 1 aromatic rings. The number of hydrogen-bond donors (Lipinski definition) is 1. The van der Waals surface area contributed by atoms with E-state index in [0.29, 0.717) is 0 Å². The molecule has 1 aliphatic rings. The standard InChI is InChI=1S/C12H20N4/c1-3-16(4-2)6-5-12-14-8-10-7-13-9-11(10)15-12/h8,13H,3-7,9H2,1-2H3. The third-order valence-electron chi connectivity index (χ3n) is 3.16. The molecule has 4 heteroatoms. The number of hydrogen-bond acceptors (Lipinski definition) is 4. The van der Waals surface area contributed by atoms with E-state index in [1.54, 1.807) is 0 Å². The third kappa shape index (κ3) is 2.57. The number of aromatic nitrogens is 2. The Hall–Kier alpha value is -1.00. The van der Waals surface area contributed by atoms with Gasteiger partial charge in [0.25, 0.3) is 0 Å². The highest BCUT2D eigenvalue weighted by atomic mass is 15.1. The van der Waals surface area contributed by atoms with Gasteiger partial charge in [0.2, 0.25) is 0 Å². The Labute approximate surface area is 97.1 Å². The Morgan fingerprint density at radius 2 is 2.12 bits per heavy atom. The Balaban J connectivity index is 1.95. The van der Waals surface area contributed by atoms with Crippen molar-refractivity contribution in [2.24, 2.45) is 0 Å². The Morgan fingerprint density at radius 3 is 2.88 bits per heavy atom. The first kappa shape index (κ1) is 11.5. The highest BCUT2D eigenvalue weighted by Gasteiger charge is 2.12. The molecule has 0 saturated carbocycles. The molecule has 0 radical (unpaired) electrons. The van der Waals surface area contributed by atoms with Gasteiger partial charge < -0.3 is 10.2 Å². The van der Waals surface area contributed by atoms with Crippen molar-refractivity contribution in [3.8, 4) is 0 Å². The lowest BCUT2D eigenvalue weighted by Crippen LogP contribution is -2.25. The van der Waals surface area contributed by atoms with Crippen molar-refractivity contribution in [3.05, 3.63) is 23.3 Å². The zero-order chi connectivity index (χ0) is 11.4. The van der Waals surface area contributed by atoms with E-state index in [1.165, 1.54) is 11.3 Å². The molecule has 1 N–H and O–H groups in total. The van der Waals surface area contributed by atoms with Crippen molar-refractivity contribution in [1.82, 2.24) is 20.2 Å². The maximum Gasteiger partial charge on any atom is 0.129 e. The largest absolute Gasteiger partial charge is 0.307 e. The Morgan fingerprint density at radius 1 is 1.31 bits per heavy atom. The second kappa shape index (κ2) is 5.37. The molecule has 0 spiro atoms. The molecule has 0 saturated heterocycles. The molecule has 0 aliphatic carbocycles. The molecule has 2 rings (SSSR count). The second-order valence-corrected chi connectivity index (χ2v) is 4.14. The van der Waals surface area contributed by atoms with Gasteiger partial charge in [-0.1, -0.05) is 13.8 Å². The summed E-state index contributed by atoms with van der Waals surface area (Å²) in [4.78, 5) is 11.4. The first-order chi connectivity index (χ1) is 7.83. The lowest BCUT2D eigenvalue weighted by molar-refractivity contribution is 0.305. The summed E-state index contributed by atoms with van der Waals surface area (Å²) in [6, 6.07) is 0. The van der Waals surface area contributed by atoms with E-state index in [9.17, 15) is 0 Å². The lowest BCUT2D eigenvalue weighted by atomic mass is 10.2. The van der Waals surface area contributed by atoms with Crippen LogP contribution in [0.5, 0.6) is 0 Å². The molecule has 88 valence electrons. The molecule has 1 aromatic heterocycles. The van der Waals surface area contributed by atoms with E-state index in [1.807, 2.05) is 6.20 Å². The zero-order valence-corrected chi connectivity index (χ0v) is 10.2. The summed E-state index contributed by atoms with van der Waals surface area (Å²) in [5.41, 5.74) is 2.44. The van der Waals surface area contributed by atoms with Gasteiger partial charge in [-0.15, -0.1) is 0 Å². The number of fused-ring (bicyclic) bond motifs is 1. The van der Waals surface area contributed by atoms with Gasteiger partial charge in [-0.2, -0.15) is 0 Å². The minimum absolute atomic E-state index is 0.899. The molecule has 0 aromatic carbocycles. The van der Waals surface area contributed by atoms with Crippen LogP contribution in [0.25, 0.3) is 0 Å². The van der Waals surface area contributed by atoms with Crippen molar-refractivity contribution < 1.29 is 0 Å². The van der Waals surface area contributed by atoms with Gasteiger partial charge in [0, 0.05) is 37.8 Å². The summed E-state index contributed by atoms with van der Waals surface area (Å²) < 4.78 is 0. The van der Waals surface area contributed by atoms with Crippen LogP contribution in [-0.4, -0.2) is 34.5 Å². The van der Waals surface area contributed by atoms with Crippen molar-refractivity contribution in [3.63, 3.8) is 0 Å². The van der Waals surface area contributed by atoms with Crippen LogP contribution in [0.3, 0.4) is 0 Å². The van der Waals surface area contributed by atoms with Crippen LogP contribution in [0.15, 0.2) is 6.20 Å². The number of rotatable bonds is 5. The van der Waals surface area contributed by atoms with Crippen LogP contribution >= 0.6 is 0 Å². The highest BCUT2D eigenvalue weighted by molar-refractivity contribution is 5.21. The fourth-order valence-electron chi connectivity index (χ4n) is 2.02. The average Bonchev–Trinajstić information content (AvgIpc) is 2.77. The fourth-order valence-corrected chi connectivity index (χ4v) is 2.02. The summed E-state index contributed by atoms with van der Waals surface area (Å²) in [6.45, 7) is 9.46. The summed E-state index contributed by atoms with van der Waals surface area (Å²) in [6.07, 6.45) is 2.93. The minimum atomic E-state index is 0.899. The van der Waals surface area contributed by atoms with Gasteiger partial charge in [-0.25, -0.2) is 9.97 Å². The number of nitrogens with zero attached hydrogens (tertiary/aromatic N) is 3. The highest BCUT2D eigenvalue weighted by Crippen LogP contribution is 2.11. The first-order valence-electron chi connectivity index (χ1n) is 6.10. The Kier molecular flexibility index (Phi) is 3.85. The second-order valence-electron chi connectivity index (χ2n) is 4.14. The number of nitrogens with one attached hydrogen (secondary N) is 1. The SMILES string of the molecule is CCN(CC)CCc1ncc2c(n1)CNC2. The molecule has 0 unspecified atom stereocenters. The molecule has 0 amide bonds. The number of likely N-dealkylation sites (N-methyl/N-ethyl adjacent to an activating group) is 1. The van der Waals surface area contributed by atoms with E-state index in [0.717, 1.165) is 45.0 Å². The van der Waals surface area contributed by atoms with Crippen LogP contribution in [0, 0.1) is 0 Å².